The van der Waals surface area contributed by atoms with Crippen LogP contribution in [0.1, 0.15) is 16.7 Å². The second kappa shape index (κ2) is 11.4. The van der Waals surface area contributed by atoms with Gasteiger partial charge in [0.2, 0.25) is 0 Å². The molecule has 0 saturated carbocycles. The fourth-order valence-corrected chi connectivity index (χ4v) is 7.48. The molecule has 50 heavy (non-hydrogen) atoms. The van der Waals surface area contributed by atoms with E-state index in [-0.39, 0.29) is 0 Å². The third-order valence-electron chi connectivity index (χ3n) is 9.62. The average Bonchev–Trinajstić information content (AvgIpc) is 3.70. The molecule has 0 saturated heterocycles. The number of nitriles is 3. The second-order valence-corrected chi connectivity index (χ2v) is 12.3. The summed E-state index contributed by atoms with van der Waals surface area (Å²) in [6.45, 7) is 0. The molecular weight excluding hydrogens is 611 g/mol. The van der Waals surface area contributed by atoms with Gasteiger partial charge in [-0.05, 0) is 83.4 Å². The van der Waals surface area contributed by atoms with Gasteiger partial charge in [0, 0.05) is 32.8 Å². The van der Waals surface area contributed by atoms with E-state index in [1.807, 2.05) is 84.9 Å². The van der Waals surface area contributed by atoms with Gasteiger partial charge < -0.3 is 9.13 Å². The number of hydrogen-bond donors (Lipinski definition) is 0. The lowest BCUT2D eigenvalue weighted by Gasteiger charge is -2.18. The summed E-state index contributed by atoms with van der Waals surface area (Å²) in [6, 6.07) is 57.8. The van der Waals surface area contributed by atoms with Gasteiger partial charge in [-0.2, -0.15) is 15.8 Å². The molecule has 5 heteroatoms. The fourth-order valence-electron chi connectivity index (χ4n) is 7.48. The molecule has 0 fully saturated rings. The highest BCUT2D eigenvalue weighted by molar-refractivity contribution is 6.12. The summed E-state index contributed by atoms with van der Waals surface area (Å²) in [7, 11) is 0. The molecule has 9 rings (SSSR count). The van der Waals surface area contributed by atoms with E-state index in [9.17, 15) is 15.8 Å². The van der Waals surface area contributed by atoms with Crippen LogP contribution in [-0.4, -0.2) is 9.13 Å². The summed E-state index contributed by atoms with van der Waals surface area (Å²) < 4.78 is 4.43. The first-order valence-electron chi connectivity index (χ1n) is 16.3. The standard InChI is InChI=1S/C45H25N5/c46-26-29-19-21-34(35-12-1-5-17-42(35)50-43-18-6-2-13-36(43)38-15-8-10-32(28-48)45(38)50)39(23-29)31-9-7-11-33(25-31)49-41-16-4-3-14-37(41)40-24-30(27-47)20-22-44(40)49/h1-25H. The van der Waals surface area contributed by atoms with E-state index < -0.39 is 0 Å². The molecule has 0 aliphatic heterocycles. The molecule has 0 N–H and O–H groups in total. The maximum absolute atomic E-state index is 10.2. The predicted octanol–water partition coefficient (Wildman–Crippen LogP) is 10.8. The first-order valence-corrected chi connectivity index (χ1v) is 16.3. The third kappa shape index (κ3) is 4.31. The van der Waals surface area contributed by atoms with Gasteiger partial charge in [-0.1, -0.05) is 84.9 Å². The molecule has 0 radical (unpaired) electrons. The van der Waals surface area contributed by atoms with Gasteiger partial charge in [-0.25, -0.2) is 0 Å². The molecule has 0 atom stereocenters. The smallest absolute Gasteiger partial charge is 0.101 e. The highest BCUT2D eigenvalue weighted by atomic mass is 15.0. The van der Waals surface area contributed by atoms with Crippen LogP contribution in [-0.2, 0) is 0 Å². The molecule has 0 amide bonds. The van der Waals surface area contributed by atoms with E-state index in [4.69, 9.17) is 0 Å². The lowest BCUT2D eigenvalue weighted by Crippen LogP contribution is -2.00. The topological polar surface area (TPSA) is 81.2 Å². The molecule has 2 aromatic heterocycles. The largest absolute Gasteiger partial charge is 0.309 e. The Labute approximate surface area is 287 Å². The van der Waals surface area contributed by atoms with Crippen LogP contribution in [0, 0.1) is 34.0 Å². The molecule has 0 aliphatic carbocycles. The minimum absolute atomic E-state index is 0.566. The van der Waals surface area contributed by atoms with Crippen molar-refractivity contribution in [2.75, 3.05) is 0 Å². The molecule has 5 nitrogen and oxygen atoms in total. The van der Waals surface area contributed by atoms with Crippen LogP contribution in [0.4, 0.5) is 0 Å². The Bertz CT molecular complexity index is 2970. The third-order valence-corrected chi connectivity index (χ3v) is 9.62. The van der Waals surface area contributed by atoms with Gasteiger partial charge in [-0.15, -0.1) is 0 Å². The average molecular weight is 636 g/mol. The van der Waals surface area contributed by atoms with Crippen molar-refractivity contribution in [3.63, 3.8) is 0 Å². The predicted molar refractivity (Wildman–Crippen MR) is 200 cm³/mol. The second-order valence-electron chi connectivity index (χ2n) is 12.3. The van der Waals surface area contributed by atoms with Crippen molar-refractivity contribution in [1.82, 2.24) is 9.13 Å². The minimum Gasteiger partial charge on any atom is -0.309 e. The van der Waals surface area contributed by atoms with Gasteiger partial charge in [0.05, 0.1) is 56.6 Å². The van der Waals surface area contributed by atoms with Crippen LogP contribution in [0.15, 0.2) is 152 Å². The van der Waals surface area contributed by atoms with Crippen LogP contribution in [0.2, 0.25) is 0 Å². The molecule has 0 aliphatic rings. The van der Waals surface area contributed by atoms with Gasteiger partial charge in [0.1, 0.15) is 6.07 Å². The van der Waals surface area contributed by atoms with E-state index in [1.165, 1.54) is 0 Å². The number of benzene rings is 7. The monoisotopic (exact) mass is 635 g/mol. The highest BCUT2D eigenvalue weighted by Gasteiger charge is 2.20. The van der Waals surface area contributed by atoms with E-state index in [1.54, 1.807) is 0 Å². The number of nitrogens with zero attached hydrogens (tertiary/aromatic N) is 5. The molecular formula is C45H25N5. The van der Waals surface area contributed by atoms with Crippen LogP contribution < -0.4 is 0 Å². The lowest BCUT2D eigenvalue weighted by molar-refractivity contribution is 1.18. The first kappa shape index (κ1) is 28.8. The first-order chi connectivity index (χ1) is 24.7. The van der Waals surface area contributed by atoms with Crippen molar-refractivity contribution in [2.45, 2.75) is 0 Å². The molecule has 2 heterocycles. The Morgan fingerprint density at radius 3 is 1.84 bits per heavy atom. The van der Waals surface area contributed by atoms with Crippen LogP contribution in [0.25, 0.3) is 77.2 Å². The maximum atomic E-state index is 10.2. The van der Waals surface area contributed by atoms with E-state index >= 15 is 0 Å². The zero-order valence-corrected chi connectivity index (χ0v) is 26.7. The number of rotatable bonds is 4. The van der Waals surface area contributed by atoms with Gasteiger partial charge in [0.25, 0.3) is 0 Å². The molecule has 230 valence electrons. The van der Waals surface area contributed by atoms with Gasteiger partial charge in [-0.3, -0.25) is 0 Å². The fraction of sp³-hybridized carbons (Fsp3) is 0. The molecule has 0 spiro atoms. The minimum atomic E-state index is 0.566. The Kier molecular flexibility index (Phi) is 6.56. The van der Waals surface area contributed by atoms with Gasteiger partial charge in [0.15, 0.2) is 0 Å². The molecule has 9 aromatic rings. The van der Waals surface area contributed by atoms with Gasteiger partial charge >= 0.3 is 0 Å². The van der Waals surface area contributed by atoms with Crippen molar-refractivity contribution in [3.05, 3.63) is 168 Å². The van der Waals surface area contributed by atoms with Crippen LogP contribution in [0.3, 0.4) is 0 Å². The highest BCUT2D eigenvalue weighted by Crippen LogP contribution is 2.41. The molecule has 7 aromatic carbocycles. The number of hydrogen-bond acceptors (Lipinski definition) is 3. The van der Waals surface area contributed by atoms with Crippen molar-refractivity contribution in [2.24, 2.45) is 0 Å². The summed E-state index contributed by atoms with van der Waals surface area (Å²) >= 11 is 0. The van der Waals surface area contributed by atoms with Crippen LogP contribution in [0.5, 0.6) is 0 Å². The maximum Gasteiger partial charge on any atom is 0.101 e. The summed E-state index contributed by atoms with van der Waals surface area (Å²) in [6.07, 6.45) is 0. The zero-order valence-electron chi connectivity index (χ0n) is 26.7. The summed E-state index contributed by atoms with van der Waals surface area (Å²) in [4.78, 5) is 0. The SMILES string of the molecule is N#Cc1ccc(-c2ccccc2-n2c3ccccc3c3cccc(C#N)c32)c(-c2cccc(-n3c4ccccc4c4cc(C#N)ccc43)c2)c1. The van der Waals surface area contributed by atoms with Crippen molar-refractivity contribution < 1.29 is 0 Å². The quantitative estimate of drug-likeness (QED) is 0.193. The zero-order chi connectivity index (χ0) is 33.8. The Morgan fingerprint density at radius 1 is 0.400 bits per heavy atom. The Morgan fingerprint density at radius 2 is 1.04 bits per heavy atom. The molecule has 0 bridgehead atoms. The number of para-hydroxylation sites is 4. The summed E-state index contributed by atoms with van der Waals surface area (Å²) in [5.74, 6) is 0. The Hall–Kier alpha value is -7.39. The van der Waals surface area contributed by atoms with E-state index in [0.29, 0.717) is 16.7 Å². The lowest BCUT2D eigenvalue weighted by atomic mass is 9.91. The Balaban J connectivity index is 1.30. The summed E-state index contributed by atoms with van der Waals surface area (Å²) in [5.41, 5.74) is 11.5. The van der Waals surface area contributed by atoms with Crippen molar-refractivity contribution >= 4 is 43.6 Å². The summed E-state index contributed by atoms with van der Waals surface area (Å²) in [5, 5.41) is 34.1. The number of aromatic nitrogens is 2. The normalized spacial score (nSPS) is 11.1. The number of fused-ring (bicyclic) bond motifs is 6. The van der Waals surface area contributed by atoms with Crippen molar-refractivity contribution in [1.29, 1.82) is 15.8 Å². The molecule has 0 unspecified atom stereocenters. The van der Waals surface area contributed by atoms with E-state index in [2.05, 4.69) is 94.1 Å². The van der Waals surface area contributed by atoms with Crippen molar-refractivity contribution in [3.8, 4) is 51.8 Å². The van der Waals surface area contributed by atoms with E-state index in [0.717, 1.165) is 77.2 Å². The van der Waals surface area contributed by atoms with Crippen LogP contribution >= 0.6 is 0 Å².